The molecule has 0 spiro atoms. The molecule has 28 heavy (non-hydrogen) atoms. The summed E-state index contributed by atoms with van der Waals surface area (Å²) in [6.07, 6.45) is 6.89. The van der Waals surface area contributed by atoms with Crippen molar-refractivity contribution in [1.82, 2.24) is 16.0 Å². The molecule has 0 bridgehead atoms. The highest BCUT2D eigenvalue weighted by Gasteiger charge is 2.26. The Kier molecular flexibility index (Phi) is 7.28. The summed E-state index contributed by atoms with van der Waals surface area (Å²) in [5.74, 6) is 0.351. The second-order valence-corrected chi connectivity index (χ2v) is 8.40. The lowest BCUT2D eigenvalue weighted by molar-refractivity contribution is -0.119. The average Bonchev–Trinajstić information content (AvgIpc) is 3.32. The van der Waals surface area contributed by atoms with E-state index in [2.05, 4.69) is 27.4 Å². The topological polar surface area (TPSA) is 87.3 Å². The van der Waals surface area contributed by atoms with Gasteiger partial charge >= 0.3 is 6.03 Å². The molecule has 1 aliphatic carbocycles. The lowest BCUT2D eigenvalue weighted by Crippen LogP contribution is -2.35. The van der Waals surface area contributed by atoms with Gasteiger partial charge in [-0.3, -0.25) is 14.9 Å². The Morgan fingerprint density at radius 2 is 2.00 bits per heavy atom. The molecule has 1 saturated carbocycles. The Hall–Kier alpha value is -2.12. The van der Waals surface area contributed by atoms with Crippen LogP contribution in [0.15, 0.2) is 23.6 Å². The molecule has 8 heteroatoms. The highest BCUT2D eigenvalue weighted by Crippen LogP contribution is 2.38. The lowest BCUT2D eigenvalue weighted by Gasteiger charge is -2.23. The zero-order chi connectivity index (χ0) is 19.9. The first kappa shape index (κ1) is 20.6. The van der Waals surface area contributed by atoms with Gasteiger partial charge in [0.2, 0.25) is 12.3 Å². The minimum atomic E-state index is -0.377. The van der Waals surface area contributed by atoms with Crippen LogP contribution >= 0.6 is 22.9 Å². The van der Waals surface area contributed by atoms with Gasteiger partial charge in [0.15, 0.2) is 0 Å². The highest BCUT2D eigenvalue weighted by atomic mass is 35.5. The molecule has 1 aromatic heterocycles. The van der Waals surface area contributed by atoms with E-state index >= 15 is 0 Å². The third-order valence-corrected chi connectivity index (χ3v) is 6.32. The molecular formula is C20H24ClN3O3S. The van der Waals surface area contributed by atoms with Crippen molar-refractivity contribution in [3.05, 3.63) is 34.2 Å². The lowest BCUT2D eigenvalue weighted by atomic mass is 9.91. The number of carbonyl (C=O) groups is 3. The normalized spacial score (nSPS) is 18.5. The van der Waals surface area contributed by atoms with Crippen LogP contribution in [0.4, 0.5) is 4.79 Å². The summed E-state index contributed by atoms with van der Waals surface area (Å²) in [7, 11) is 0. The van der Waals surface area contributed by atoms with Crippen molar-refractivity contribution in [2.45, 2.75) is 44.6 Å². The zero-order valence-electron chi connectivity index (χ0n) is 15.5. The maximum Gasteiger partial charge on any atom is 0.321 e. The van der Waals surface area contributed by atoms with Crippen molar-refractivity contribution in [1.29, 1.82) is 0 Å². The van der Waals surface area contributed by atoms with Gasteiger partial charge in [0.25, 0.3) is 0 Å². The average molecular weight is 422 g/mol. The summed E-state index contributed by atoms with van der Waals surface area (Å²) in [6.45, 7) is 0.595. The van der Waals surface area contributed by atoms with Crippen LogP contribution in [0.25, 0.3) is 10.1 Å². The second kappa shape index (κ2) is 9.89. The largest absolute Gasteiger partial charge is 0.352 e. The number of imide groups is 1. The first-order valence-electron chi connectivity index (χ1n) is 9.52. The van der Waals surface area contributed by atoms with Crippen molar-refractivity contribution < 1.29 is 14.4 Å². The third-order valence-electron chi connectivity index (χ3n) is 5.14. The Balaban J connectivity index is 0.000000211. The van der Waals surface area contributed by atoms with E-state index in [1.807, 2.05) is 12.1 Å². The molecule has 1 unspecified atom stereocenters. The summed E-state index contributed by atoms with van der Waals surface area (Å²) < 4.78 is 1.19. The number of fused-ring (bicyclic) bond motifs is 1. The van der Waals surface area contributed by atoms with Gasteiger partial charge in [0.05, 0.1) is 6.04 Å². The van der Waals surface area contributed by atoms with Crippen molar-refractivity contribution in [2.24, 2.45) is 5.92 Å². The molecule has 6 nitrogen and oxygen atoms in total. The number of hydrogen-bond acceptors (Lipinski definition) is 4. The molecule has 2 aliphatic rings. The van der Waals surface area contributed by atoms with E-state index in [-0.39, 0.29) is 18.0 Å². The van der Waals surface area contributed by atoms with Crippen molar-refractivity contribution in [3.8, 4) is 0 Å². The van der Waals surface area contributed by atoms with E-state index in [0.29, 0.717) is 18.9 Å². The Bertz CT molecular complexity index is 832. The van der Waals surface area contributed by atoms with Crippen LogP contribution in [0.5, 0.6) is 0 Å². The Labute approximate surface area is 173 Å². The van der Waals surface area contributed by atoms with Gasteiger partial charge in [-0.2, -0.15) is 0 Å². The van der Waals surface area contributed by atoms with Crippen molar-refractivity contribution in [3.63, 3.8) is 0 Å². The molecule has 2 fully saturated rings. The minimum Gasteiger partial charge on any atom is -0.352 e. The van der Waals surface area contributed by atoms with E-state index in [4.69, 9.17) is 11.6 Å². The molecule has 1 aliphatic heterocycles. The van der Waals surface area contributed by atoms with Gasteiger partial charge in [0, 0.05) is 28.1 Å². The van der Waals surface area contributed by atoms with Gasteiger partial charge < -0.3 is 10.6 Å². The van der Waals surface area contributed by atoms with Gasteiger partial charge in [-0.25, -0.2) is 4.79 Å². The summed E-state index contributed by atoms with van der Waals surface area (Å²) in [6, 6.07) is 5.95. The third kappa shape index (κ3) is 5.23. The first-order valence-corrected chi connectivity index (χ1v) is 10.8. The number of benzene rings is 1. The number of nitrogens with one attached hydrogen (secondary N) is 3. The van der Waals surface area contributed by atoms with Crippen molar-refractivity contribution >= 4 is 51.4 Å². The van der Waals surface area contributed by atoms with Crippen molar-refractivity contribution in [2.75, 3.05) is 6.54 Å². The molecule has 4 amide bonds. The maximum absolute atomic E-state index is 10.9. The number of amides is 4. The molecule has 1 atom stereocenters. The minimum absolute atomic E-state index is 0.101. The van der Waals surface area contributed by atoms with Crippen LogP contribution in [0.2, 0.25) is 5.02 Å². The predicted molar refractivity (Wildman–Crippen MR) is 112 cm³/mol. The summed E-state index contributed by atoms with van der Waals surface area (Å²) in [5, 5.41) is 11.6. The van der Waals surface area contributed by atoms with E-state index in [0.717, 1.165) is 28.8 Å². The van der Waals surface area contributed by atoms with Crippen LogP contribution in [-0.2, 0) is 9.59 Å². The van der Waals surface area contributed by atoms with Crippen LogP contribution in [0, 0.1) is 5.92 Å². The number of rotatable bonds is 4. The molecule has 1 saturated heterocycles. The molecule has 2 aromatic rings. The van der Waals surface area contributed by atoms with Crippen LogP contribution < -0.4 is 16.0 Å². The van der Waals surface area contributed by atoms with E-state index in [1.54, 1.807) is 11.3 Å². The molecule has 4 rings (SSSR count). The number of hydrogen-bond donors (Lipinski definition) is 3. The predicted octanol–water partition coefficient (Wildman–Crippen LogP) is 4.14. The number of carbonyl (C=O) groups excluding carboxylic acids is 3. The molecule has 0 radical (unpaired) electrons. The number of urea groups is 1. The van der Waals surface area contributed by atoms with Gasteiger partial charge in [-0.05, 0) is 54.3 Å². The molecule has 2 heterocycles. The smallest absolute Gasteiger partial charge is 0.321 e. The molecular weight excluding hydrogens is 398 g/mol. The second-order valence-electron chi connectivity index (χ2n) is 7.05. The van der Waals surface area contributed by atoms with Gasteiger partial charge in [0.1, 0.15) is 0 Å². The van der Waals surface area contributed by atoms with Crippen LogP contribution in [0.1, 0.15) is 50.1 Å². The van der Waals surface area contributed by atoms with Gasteiger partial charge in [-0.15, -0.1) is 11.3 Å². The first-order chi connectivity index (χ1) is 13.6. The van der Waals surface area contributed by atoms with E-state index in [1.165, 1.54) is 30.4 Å². The quantitative estimate of drug-likeness (QED) is 0.648. The fourth-order valence-corrected chi connectivity index (χ4v) is 4.99. The van der Waals surface area contributed by atoms with Crippen LogP contribution in [0.3, 0.4) is 0 Å². The standard InChI is InChI=1S/C15H16ClNOS.C5H8N2O2/c16-13-7-11(8-14-12(13)5-6-19-14)15(17-9-18)10-3-1-2-4-10;8-4-2-1-3-6-5(9)7-4/h5-10,15H,1-4H2,(H,17,18);1-3H2,(H2,6,7,8,9). The maximum atomic E-state index is 10.9. The highest BCUT2D eigenvalue weighted by molar-refractivity contribution is 7.17. The van der Waals surface area contributed by atoms with E-state index < -0.39 is 0 Å². The summed E-state index contributed by atoms with van der Waals surface area (Å²) in [5.41, 5.74) is 1.14. The molecule has 1 aromatic carbocycles. The fraction of sp³-hybridized carbons (Fsp3) is 0.450. The van der Waals surface area contributed by atoms with Gasteiger partial charge in [-0.1, -0.05) is 24.4 Å². The SMILES string of the molecule is O=C1CCCNC(=O)N1.O=CNC(c1cc(Cl)c2ccsc2c1)C1CCCC1. The summed E-state index contributed by atoms with van der Waals surface area (Å²) >= 11 is 8.04. The molecule has 3 N–H and O–H groups in total. The monoisotopic (exact) mass is 421 g/mol. The number of thiophene rings is 1. The Morgan fingerprint density at radius 3 is 2.75 bits per heavy atom. The summed E-state index contributed by atoms with van der Waals surface area (Å²) in [4.78, 5) is 31.9. The van der Waals surface area contributed by atoms with Crippen LogP contribution in [-0.4, -0.2) is 24.9 Å². The Morgan fingerprint density at radius 1 is 1.21 bits per heavy atom. The fourth-order valence-electron chi connectivity index (χ4n) is 3.78. The number of halogens is 1. The van der Waals surface area contributed by atoms with E-state index in [9.17, 15) is 14.4 Å². The zero-order valence-corrected chi connectivity index (χ0v) is 17.1. The molecule has 150 valence electrons.